The van der Waals surface area contributed by atoms with Crippen LogP contribution in [0.2, 0.25) is 0 Å². The number of benzene rings is 8. The highest BCUT2D eigenvalue weighted by molar-refractivity contribution is 6.35. The smallest absolute Gasteiger partial charge is 0.162 e. The van der Waals surface area contributed by atoms with Crippen molar-refractivity contribution in [2.75, 3.05) is 0 Å². The maximum absolute atomic E-state index is 5.59. The molecule has 4 heterocycles. The average molecular weight is 635 g/mol. The highest BCUT2D eigenvalue weighted by Crippen LogP contribution is 2.48. The third-order valence-corrected chi connectivity index (χ3v) is 10.8. The van der Waals surface area contributed by atoms with Crippen molar-refractivity contribution in [2.24, 2.45) is 0 Å². The molecule has 0 unspecified atom stereocenters. The molecule has 4 nitrogen and oxygen atoms in total. The van der Waals surface area contributed by atoms with E-state index < -0.39 is 0 Å². The van der Waals surface area contributed by atoms with Crippen LogP contribution in [0.1, 0.15) is 0 Å². The average Bonchev–Trinajstić information content (AvgIpc) is 3.82. The second kappa shape index (κ2) is 9.43. The van der Waals surface area contributed by atoms with Gasteiger partial charge in [-0.1, -0.05) is 127 Å². The first-order chi connectivity index (χ1) is 24.8. The van der Waals surface area contributed by atoms with E-state index in [-0.39, 0.29) is 0 Å². The Bertz CT molecular complexity index is 3380. The zero-order valence-electron chi connectivity index (χ0n) is 26.8. The molecule has 0 radical (unpaired) electrons. The van der Waals surface area contributed by atoms with Gasteiger partial charge in [0.2, 0.25) is 0 Å². The molecule has 50 heavy (non-hydrogen) atoms. The van der Waals surface area contributed by atoms with Crippen LogP contribution in [0.3, 0.4) is 0 Å². The van der Waals surface area contributed by atoms with Crippen molar-refractivity contribution in [1.82, 2.24) is 18.9 Å². The van der Waals surface area contributed by atoms with Gasteiger partial charge in [0, 0.05) is 48.7 Å². The molecule has 0 saturated heterocycles. The fraction of sp³-hybridized carbons (Fsp3) is 0. The monoisotopic (exact) mass is 634 g/mol. The van der Waals surface area contributed by atoms with E-state index in [0.717, 1.165) is 39.0 Å². The van der Waals surface area contributed by atoms with E-state index in [2.05, 4.69) is 167 Å². The zero-order chi connectivity index (χ0) is 32.5. The van der Waals surface area contributed by atoms with Crippen LogP contribution >= 0.6 is 0 Å². The summed E-state index contributed by atoms with van der Waals surface area (Å²) in [6, 6.07) is 56.8. The van der Waals surface area contributed by atoms with Crippen molar-refractivity contribution in [1.29, 1.82) is 0 Å². The highest BCUT2D eigenvalue weighted by atomic mass is 15.1. The Morgan fingerprint density at radius 3 is 1.84 bits per heavy atom. The molecule has 0 aliphatic rings. The van der Waals surface area contributed by atoms with Gasteiger partial charge >= 0.3 is 0 Å². The molecule has 12 aromatic rings. The Balaban J connectivity index is 1.37. The highest BCUT2D eigenvalue weighted by Gasteiger charge is 2.26. The van der Waals surface area contributed by atoms with Gasteiger partial charge in [0.25, 0.3) is 0 Å². The Morgan fingerprint density at radius 2 is 1.00 bits per heavy atom. The molecule has 0 aliphatic heterocycles. The Kier molecular flexibility index (Phi) is 4.94. The lowest BCUT2D eigenvalue weighted by atomic mass is 10.0. The van der Waals surface area contributed by atoms with Gasteiger partial charge in [-0.15, -0.1) is 0 Å². The predicted octanol–water partition coefficient (Wildman–Crippen LogP) is 11.9. The van der Waals surface area contributed by atoms with Crippen LogP contribution in [0.4, 0.5) is 0 Å². The van der Waals surface area contributed by atoms with Crippen molar-refractivity contribution < 1.29 is 0 Å². The molecule has 8 aromatic carbocycles. The SMILES string of the molecule is c1ccc2c(-c3nc(-n4c5c6ccccc6ccc5c5cc6c7ccccc7n7c8ccccc8c(c54)c67)c4ccccc4n3)cccc2c1. The van der Waals surface area contributed by atoms with Crippen LogP contribution in [-0.2, 0) is 0 Å². The van der Waals surface area contributed by atoms with Crippen LogP contribution < -0.4 is 0 Å². The predicted molar refractivity (Wildman–Crippen MR) is 209 cm³/mol. The zero-order valence-corrected chi connectivity index (χ0v) is 26.8. The number of hydrogen-bond acceptors (Lipinski definition) is 2. The first-order valence-electron chi connectivity index (χ1n) is 17.1. The molecule has 0 amide bonds. The molecule has 0 N–H and O–H groups in total. The minimum Gasteiger partial charge on any atom is -0.308 e. The molecule has 4 heteroatoms. The first kappa shape index (κ1) is 26.2. The van der Waals surface area contributed by atoms with Crippen molar-refractivity contribution in [2.45, 2.75) is 0 Å². The van der Waals surface area contributed by atoms with E-state index in [1.807, 2.05) is 0 Å². The standard InChI is InChI=1S/C46H26N4/c1-3-15-29-27(12-1)14-11-20-33(29)45-47-38-21-8-5-18-34(38)46(48-45)50-42-30-16-4-2-13-28(30)24-25-32(42)37-26-36-31-17-6-9-22-39(31)49-40-23-10-7-19-35(40)41(43(36)49)44(37)50/h1-26H. The molecule has 0 spiro atoms. The molecule has 0 fully saturated rings. The van der Waals surface area contributed by atoms with Crippen molar-refractivity contribution in [3.05, 3.63) is 158 Å². The minimum atomic E-state index is 0.720. The lowest BCUT2D eigenvalue weighted by Crippen LogP contribution is -2.03. The van der Waals surface area contributed by atoms with Crippen LogP contribution in [0.15, 0.2) is 158 Å². The maximum atomic E-state index is 5.59. The molecule has 4 aromatic heterocycles. The van der Waals surface area contributed by atoms with E-state index in [1.165, 1.54) is 70.5 Å². The fourth-order valence-electron chi connectivity index (χ4n) is 8.75. The Morgan fingerprint density at radius 1 is 0.380 bits per heavy atom. The first-order valence-corrected chi connectivity index (χ1v) is 17.1. The minimum absolute atomic E-state index is 0.720. The van der Waals surface area contributed by atoms with Crippen LogP contribution in [0.5, 0.6) is 0 Å². The van der Waals surface area contributed by atoms with Crippen molar-refractivity contribution in [3.8, 4) is 17.2 Å². The molecular weight excluding hydrogens is 609 g/mol. The summed E-state index contributed by atoms with van der Waals surface area (Å²) in [5.41, 5.74) is 7.97. The van der Waals surface area contributed by atoms with Gasteiger partial charge in [0.15, 0.2) is 5.82 Å². The van der Waals surface area contributed by atoms with E-state index in [1.54, 1.807) is 0 Å². The lowest BCUT2D eigenvalue weighted by molar-refractivity contribution is 1.08. The normalized spacial score (nSPS) is 12.4. The topological polar surface area (TPSA) is 35.1 Å². The molecule has 0 aliphatic carbocycles. The quantitative estimate of drug-likeness (QED) is 0.190. The van der Waals surface area contributed by atoms with Gasteiger partial charge in [-0.2, -0.15) is 0 Å². The van der Waals surface area contributed by atoms with E-state index in [0.29, 0.717) is 0 Å². The summed E-state index contributed by atoms with van der Waals surface area (Å²) in [6.07, 6.45) is 0. The number of aromatic nitrogens is 4. The van der Waals surface area contributed by atoms with E-state index >= 15 is 0 Å². The number of hydrogen-bond donors (Lipinski definition) is 0. The second-order valence-corrected chi connectivity index (χ2v) is 13.3. The fourth-order valence-corrected chi connectivity index (χ4v) is 8.75. The van der Waals surface area contributed by atoms with Gasteiger partial charge in [0.1, 0.15) is 5.82 Å². The molecule has 0 saturated carbocycles. The molecule has 12 rings (SSSR count). The molecular formula is C46H26N4. The summed E-state index contributed by atoms with van der Waals surface area (Å²) >= 11 is 0. The number of rotatable bonds is 2. The Hall–Kier alpha value is -6.78. The summed E-state index contributed by atoms with van der Waals surface area (Å²) in [7, 11) is 0. The van der Waals surface area contributed by atoms with E-state index in [9.17, 15) is 0 Å². The third-order valence-electron chi connectivity index (χ3n) is 10.8. The van der Waals surface area contributed by atoms with Crippen LogP contribution in [0.25, 0.3) is 110 Å². The molecule has 0 atom stereocenters. The van der Waals surface area contributed by atoms with Gasteiger partial charge in [-0.25, -0.2) is 9.97 Å². The summed E-state index contributed by atoms with van der Waals surface area (Å²) in [4.78, 5) is 10.8. The van der Waals surface area contributed by atoms with Crippen LogP contribution in [0, 0.1) is 0 Å². The lowest BCUT2D eigenvalue weighted by Gasteiger charge is -2.15. The Labute approximate surface area is 285 Å². The summed E-state index contributed by atoms with van der Waals surface area (Å²) < 4.78 is 4.93. The number of para-hydroxylation sites is 3. The summed E-state index contributed by atoms with van der Waals surface area (Å²) in [5, 5.41) is 13.2. The second-order valence-electron chi connectivity index (χ2n) is 13.3. The summed E-state index contributed by atoms with van der Waals surface area (Å²) in [5.74, 6) is 1.61. The maximum Gasteiger partial charge on any atom is 0.162 e. The van der Waals surface area contributed by atoms with Crippen molar-refractivity contribution >= 4 is 92.3 Å². The number of nitrogens with zero attached hydrogens (tertiary/aromatic N) is 4. The number of fused-ring (bicyclic) bond motifs is 14. The summed E-state index contributed by atoms with van der Waals surface area (Å²) in [6.45, 7) is 0. The van der Waals surface area contributed by atoms with Gasteiger partial charge in [0.05, 0.1) is 33.1 Å². The van der Waals surface area contributed by atoms with E-state index in [4.69, 9.17) is 9.97 Å². The van der Waals surface area contributed by atoms with Gasteiger partial charge in [-0.05, 0) is 46.5 Å². The van der Waals surface area contributed by atoms with Crippen molar-refractivity contribution in [3.63, 3.8) is 0 Å². The van der Waals surface area contributed by atoms with Gasteiger partial charge in [-0.3, -0.25) is 4.57 Å². The van der Waals surface area contributed by atoms with Gasteiger partial charge < -0.3 is 4.40 Å². The third kappa shape index (κ3) is 3.25. The largest absolute Gasteiger partial charge is 0.308 e. The molecule has 0 bridgehead atoms. The van der Waals surface area contributed by atoms with Crippen LogP contribution in [-0.4, -0.2) is 18.9 Å². The molecule has 230 valence electrons.